The Morgan fingerprint density at radius 2 is 2.27 bits per heavy atom. The summed E-state index contributed by atoms with van der Waals surface area (Å²) in [6.07, 6.45) is 2.33. The Morgan fingerprint density at radius 1 is 1.37 bits per heavy atom. The van der Waals surface area contributed by atoms with Gasteiger partial charge in [0.15, 0.2) is 11.0 Å². The van der Waals surface area contributed by atoms with E-state index in [2.05, 4.69) is 30.8 Å². The maximum absolute atomic E-state index is 12.6. The Hall–Kier alpha value is -2.01. The van der Waals surface area contributed by atoms with Crippen molar-refractivity contribution in [3.8, 4) is 10.7 Å². The fraction of sp³-hybridized carbons (Fsp3) is 0.400. The van der Waals surface area contributed by atoms with Crippen LogP contribution in [0.3, 0.4) is 0 Å². The van der Waals surface area contributed by atoms with Crippen LogP contribution in [0.4, 0.5) is 0 Å². The van der Waals surface area contributed by atoms with Crippen LogP contribution < -0.4 is 5.56 Å². The predicted molar refractivity (Wildman–Crippen MR) is 122 cm³/mol. The molecule has 1 aliphatic rings. The highest BCUT2D eigenvalue weighted by Crippen LogP contribution is 2.31. The number of H-pyrrole nitrogens is 1. The zero-order valence-electron chi connectivity index (χ0n) is 16.7. The van der Waals surface area contributed by atoms with Crippen molar-refractivity contribution < 1.29 is 4.74 Å². The molecule has 156 valence electrons. The number of thioether (sulfide) groups is 1. The average molecular weight is 460 g/mol. The van der Waals surface area contributed by atoms with Gasteiger partial charge in [0, 0.05) is 11.5 Å². The number of rotatable bonds is 6. The second-order valence-electron chi connectivity index (χ2n) is 7.29. The maximum atomic E-state index is 12.6. The minimum absolute atomic E-state index is 0.0717. The van der Waals surface area contributed by atoms with E-state index < -0.39 is 0 Å². The number of ether oxygens (including phenoxy) is 1. The van der Waals surface area contributed by atoms with Crippen LogP contribution in [0.2, 0.25) is 0 Å². The molecule has 0 bridgehead atoms. The highest BCUT2D eigenvalue weighted by molar-refractivity contribution is 7.98. The normalized spacial score (nSPS) is 16.7. The molecule has 0 amide bonds. The first-order chi connectivity index (χ1) is 14.6. The maximum Gasteiger partial charge on any atom is 0.259 e. The smallest absolute Gasteiger partial charge is 0.259 e. The Morgan fingerprint density at radius 3 is 3.03 bits per heavy atom. The van der Waals surface area contributed by atoms with Crippen molar-refractivity contribution in [2.45, 2.75) is 50.2 Å². The van der Waals surface area contributed by atoms with E-state index in [0.717, 1.165) is 57.1 Å². The number of nitrogens with zero attached hydrogens (tertiary/aromatic N) is 4. The average Bonchev–Trinajstić information content (AvgIpc) is 3.50. The first kappa shape index (κ1) is 19.9. The van der Waals surface area contributed by atoms with E-state index in [1.165, 1.54) is 0 Å². The third-order valence-electron chi connectivity index (χ3n) is 5.29. The summed E-state index contributed by atoms with van der Waals surface area (Å²) in [5, 5.41) is 12.5. The minimum Gasteiger partial charge on any atom is -0.376 e. The largest absolute Gasteiger partial charge is 0.376 e. The lowest BCUT2D eigenvalue weighted by atomic mass is 10.2. The van der Waals surface area contributed by atoms with Gasteiger partial charge in [-0.3, -0.25) is 9.36 Å². The molecule has 30 heavy (non-hydrogen) atoms. The molecule has 1 aliphatic heterocycles. The lowest BCUT2D eigenvalue weighted by Gasteiger charge is -2.14. The quantitative estimate of drug-likeness (QED) is 0.430. The number of hydrogen-bond donors (Lipinski definition) is 1. The molecule has 0 aromatic carbocycles. The van der Waals surface area contributed by atoms with E-state index in [9.17, 15) is 4.79 Å². The predicted octanol–water partition coefficient (Wildman–Crippen LogP) is 4.39. The third kappa shape index (κ3) is 3.73. The van der Waals surface area contributed by atoms with Crippen LogP contribution in [-0.2, 0) is 17.0 Å². The van der Waals surface area contributed by atoms with Gasteiger partial charge in [-0.25, -0.2) is 4.98 Å². The van der Waals surface area contributed by atoms with Crippen molar-refractivity contribution in [1.82, 2.24) is 24.7 Å². The molecular formula is C20H21N5O2S3. The van der Waals surface area contributed by atoms with Crippen LogP contribution in [0.1, 0.15) is 29.1 Å². The van der Waals surface area contributed by atoms with E-state index in [1.54, 1.807) is 34.4 Å². The monoisotopic (exact) mass is 459 g/mol. The molecule has 1 atom stereocenters. The van der Waals surface area contributed by atoms with Gasteiger partial charge < -0.3 is 9.72 Å². The Balaban J connectivity index is 1.43. The Bertz CT molecular complexity index is 1240. The molecule has 1 unspecified atom stereocenters. The third-order valence-corrected chi connectivity index (χ3v) is 8.24. The van der Waals surface area contributed by atoms with E-state index in [0.29, 0.717) is 17.0 Å². The Labute approximate surface area is 185 Å². The lowest BCUT2D eigenvalue weighted by molar-refractivity contribution is 0.0953. The number of thiophene rings is 2. The van der Waals surface area contributed by atoms with Gasteiger partial charge in [-0.1, -0.05) is 17.8 Å². The van der Waals surface area contributed by atoms with Crippen LogP contribution in [0.25, 0.3) is 20.9 Å². The second-order valence-corrected chi connectivity index (χ2v) is 10.4. The summed E-state index contributed by atoms with van der Waals surface area (Å²) >= 11 is 4.76. The number of aromatic amines is 1. The SMILES string of the molecule is Cc1sc2nc(CSc3nnc(-c4cccs4)n3CC3CCCO3)[nH]c(=O)c2c1C. The van der Waals surface area contributed by atoms with Gasteiger partial charge in [0.1, 0.15) is 10.7 Å². The van der Waals surface area contributed by atoms with Crippen molar-refractivity contribution in [2.75, 3.05) is 6.61 Å². The first-order valence-electron chi connectivity index (χ1n) is 9.80. The number of aromatic nitrogens is 5. The van der Waals surface area contributed by atoms with E-state index in [4.69, 9.17) is 4.74 Å². The molecule has 1 fully saturated rings. The first-order valence-corrected chi connectivity index (χ1v) is 12.5. The highest BCUT2D eigenvalue weighted by Gasteiger charge is 2.22. The van der Waals surface area contributed by atoms with Crippen LogP contribution in [0.5, 0.6) is 0 Å². The molecule has 5 rings (SSSR count). The molecule has 4 aromatic heterocycles. The number of aryl methyl sites for hydroxylation is 2. The summed E-state index contributed by atoms with van der Waals surface area (Å²) < 4.78 is 7.99. The molecule has 4 aromatic rings. The summed E-state index contributed by atoms with van der Waals surface area (Å²) in [7, 11) is 0. The van der Waals surface area contributed by atoms with Crippen molar-refractivity contribution >= 4 is 44.7 Å². The van der Waals surface area contributed by atoms with Crippen LogP contribution in [0.15, 0.2) is 27.5 Å². The molecule has 10 heteroatoms. The van der Waals surface area contributed by atoms with Gasteiger partial charge in [0.2, 0.25) is 0 Å². The fourth-order valence-electron chi connectivity index (χ4n) is 3.64. The van der Waals surface area contributed by atoms with Gasteiger partial charge in [-0.2, -0.15) is 0 Å². The molecular weight excluding hydrogens is 438 g/mol. The zero-order chi connectivity index (χ0) is 20.7. The van der Waals surface area contributed by atoms with Crippen molar-refractivity contribution in [2.24, 2.45) is 0 Å². The van der Waals surface area contributed by atoms with Crippen molar-refractivity contribution in [3.05, 3.63) is 44.1 Å². The highest BCUT2D eigenvalue weighted by atomic mass is 32.2. The van der Waals surface area contributed by atoms with Gasteiger partial charge in [0.05, 0.1) is 28.7 Å². The lowest BCUT2D eigenvalue weighted by Crippen LogP contribution is -2.16. The molecule has 0 saturated carbocycles. The second kappa shape index (κ2) is 8.26. The summed E-state index contributed by atoms with van der Waals surface area (Å²) in [6.45, 7) is 5.54. The molecule has 7 nitrogen and oxygen atoms in total. The van der Waals surface area contributed by atoms with Gasteiger partial charge in [-0.15, -0.1) is 32.9 Å². The van der Waals surface area contributed by atoms with Crippen LogP contribution in [0, 0.1) is 13.8 Å². The number of hydrogen-bond acceptors (Lipinski definition) is 8. The fourth-order valence-corrected chi connectivity index (χ4v) is 6.22. The van der Waals surface area contributed by atoms with E-state index in [-0.39, 0.29) is 11.7 Å². The van der Waals surface area contributed by atoms with Crippen LogP contribution >= 0.6 is 34.4 Å². The standard InChI is InChI=1S/C20H21N5O2S3/c1-11-12(2)30-19-16(11)18(26)21-15(22-19)10-29-20-24-23-17(14-6-4-8-28-14)25(20)9-13-5-3-7-27-13/h4,6,8,13H,3,5,7,9-10H2,1-2H3,(H,21,22,26). The van der Waals surface area contributed by atoms with Crippen molar-refractivity contribution in [1.29, 1.82) is 0 Å². The van der Waals surface area contributed by atoms with Gasteiger partial charge >= 0.3 is 0 Å². The van der Waals surface area contributed by atoms with Gasteiger partial charge in [-0.05, 0) is 43.7 Å². The minimum atomic E-state index is -0.0717. The summed E-state index contributed by atoms with van der Waals surface area (Å²) in [4.78, 5) is 23.2. The zero-order valence-corrected chi connectivity index (χ0v) is 19.1. The van der Waals surface area contributed by atoms with Crippen molar-refractivity contribution in [3.63, 3.8) is 0 Å². The Kier molecular flexibility index (Phi) is 5.48. The topological polar surface area (TPSA) is 85.7 Å². The van der Waals surface area contributed by atoms with E-state index in [1.807, 2.05) is 25.3 Å². The number of fused-ring (bicyclic) bond motifs is 1. The molecule has 0 radical (unpaired) electrons. The van der Waals surface area contributed by atoms with Gasteiger partial charge in [0.25, 0.3) is 5.56 Å². The summed E-state index contributed by atoms with van der Waals surface area (Å²) in [5.41, 5.74) is 0.942. The van der Waals surface area contributed by atoms with Crippen LogP contribution in [-0.4, -0.2) is 37.4 Å². The summed E-state index contributed by atoms with van der Waals surface area (Å²) in [6, 6.07) is 4.08. The molecule has 1 N–H and O–H groups in total. The summed E-state index contributed by atoms with van der Waals surface area (Å²) in [5.74, 6) is 2.04. The molecule has 0 aliphatic carbocycles. The number of nitrogens with one attached hydrogen (secondary N) is 1. The molecule has 5 heterocycles. The van der Waals surface area contributed by atoms with E-state index >= 15 is 0 Å². The molecule has 1 saturated heterocycles. The molecule has 0 spiro atoms.